The van der Waals surface area contributed by atoms with E-state index in [-0.39, 0.29) is 0 Å². The van der Waals surface area contributed by atoms with E-state index in [1.807, 2.05) is 22.6 Å². The maximum atomic E-state index is 10.2. The van der Waals surface area contributed by atoms with Crippen molar-refractivity contribution in [2.24, 2.45) is 10.8 Å². The normalized spacial score (nSPS) is 10.6. The van der Waals surface area contributed by atoms with Gasteiger partial charge in [0.2, 0.25) is 0 Å². The van der Waals surface area contributed by atoms with Gasteiger partial charge >= 0.3 is 6.03 Å². The van der Waals surface area contributed by atoms with Crippen LogP contribution in [0.15, 0.2) is 20.1 Å². The Morgan fingerprint density at radius 1 is 1.85 bits per heavy atom. The highest BCUT2D eigenvalue weighted by molar-refractivity contribution is 14.1. The lowest BCUT2D eigenvalue weighted by Gasteiger charge is -1.88. The summed E-state index contributed by atoms with van der Waals surface area (Å²) in [6, 6.07) is 1.02. The molecular formula is C6H5BrIN3O2. The summed E-state index contributed by atoms with van der Waals surface area (Å²) in [7, 11) is 0. The van der Waals surface area contributed by atoms with Crippen molar-refractivity contribution in [3.8, 4) is 0 Å². The lowest BCUT2D eigenvalue weighted by atomic mass is 10.5. The van der Waals surface area contributed by atoms with Gasteiger partial charge in [-0.2, -0.15) is 5.10 Å². The minimum absolute atomic E-state index is 0.532. The van der Waals surface area contributed by atoms with E-state index in [2.05, 4.69) is 26.5 Å². The average Bonchev–Trinajstić information content (AvgIpc) is 2.30. The number of nitrogens with two attached hydrogens (primary N) is 1. The number of furan rings is 1. The van der Waals surface area contributed by atoms with Gasteiger partial charge in [-0.05, 0) is 15.9 Å². The Morgan fingerprint density at radius 2 is 2.54 bits per heavy atom. The molecule has 0 fully saturated rings. The number of hydrazone groups is 1. The molecule has 0 saturated carbocycles. The minimum Gasteiger partial charge on any atom is -0.448 e. The Bertz CT molecular complexity index is 330. The lowest BCUT2D eigenvalue weighted by molar-refractivity contribution is 0.249. The van der Waals surface area contributed by atoms with Crippen molar-refractivity contribution in [2.45, 2.75) is 0 Å². The molecule has 1 aromatic heterocycles. The van der Waals surface area contributed by atoms with Gasteiger partial charge in [-0.25, -0.2) is 10.2 Å². The van der Waals surface area contributed by atoms with Gasteiger partial charge in [0.1, 0.15) is 5.76 Å². The lowest BCUT2D eigenvalue weighted by Crippen LogP contribution is -2.24. The molecular weight excluding hydrogens is 353 g/mol. The van der Waals surface area contributed by atoms with Crippen LogP contribution in [0.1, 0.15) is 5.76 Å². The van der Waals surface area contributed by atoms with Crippen molar-refractivity contribution >= 4 is 50.8 Å². The van der Waals surface area contributed by atoms with Crippen LogP contribution < -0.4 is 11.2 Å². The van der Waals surface area contributed by atoms with E-state index in [0.717, 1.165) is 8.24 Å². The quantitative estimate of drug-likeness (QED) is 0.479. The summed E-state index contributed by atoms with van der Waals surface area (Å²) < 4.78 is 6.76. The molecule has 1 rings (SSSR count). The Labute approximate surface area is 96.0 Å². The summed E-state index contributed by atoms with van der Waals surface area (Å²) in [4.78, 5) is 10.2. The number of nitrogens with zero attached hydrogens (tertiary/aromatic N) is 1. The first kappa shape index (κ1) is 10.5. The molecule has 0 bridgehead atoms. The maximum Gasteiger partial charge on any atom is 0.332 e. The number of halogens is 2. The van der Waals surface area contributed by atoms with E-state index in [1.165, 1.54) is 6.21 Å². The third-order valence-corrected chi connectivity index (χ3v) is 3.16. The van der Waals surface area contributed by atoms with E-state index in [4.69, 9.17) is 10.2 Å². The van der Waals surface area contributed by atoms with Crippen LogP contribution in [-0.4, -0.2) is 12.2 Å². The van der Waals surface area contributed by atoms with E-state index >= 15 is 0 Å². The Kier molecular flexibility index (Phi) is 3.72. The van der Waals surface area contributed by atoms with Crippen molar-refractivity contribution in [3.05, 3.63) is 20.1 Å². The van der Waals surface area contributed by atoms with Crippen LogP contribution in [0.3, 0.4) is 0 Å². The molecule has 13 heavy (non-hydrogen) atoms. The van der Waals surface area contributed by atoms with Crippen LogP contribution in [0.25, 0.3) is 0 Å². The summed E-state index contributed by atoms with van der Waals surface area (Å²) >= 11 is 5.28. The highest BCUT2D eigenvalue weighted by Crippen LogP contribution is 2.21. The fourth-order valence-electron chi connectivity index (χ4n) is 0.586. The summed E-state index contributed by atoms with van der Waals surface area (Å²) in [5.74, 6) is 0.532. The molecule has 0 aromatic carbocycles. The molecule has 0 radical (unpaired) electrons. The van der Waals surface area contributed by atoms with Crippen LogP contribution in [0.4, 0.5) is 4.79 Å². The summed E-state index contributed by atoms with van der Waals surface area (Å²) in [5, 5.41) is 3.53. The largest absolute Gasteiger partial charge is 0.448 e. The van der Waals surface area contributed by atoms with E-state index < -0.39 is 6.03 Å². The molecule has 0 aliphatic rings. The fraction of sp³-hybridized carbons (Fsp3) is 0. The van der Waals surface area contributed by atoms with Crippen LogP contribution in [-0.2, 0) is 0 Å². The molecule has 0 unspecified atom stereocenters. The first-order chi connectivity index (χ1) is 6.09. The first-order valence-electron chi connectivity index (χ1n) is 3.13. The Morgan fingerprint density at radius 3 is 3.00 bits per heavy atom. The molecule has 2 amide bonds. The van der Waals surface area contributed by atoms with Gasteiger partial charge in [0.05, 0.1) is 10.7 Å². The molecule has 0 spiro atoms. The van der Waals surface area contributed by atoms with Crippen LogP contribution in [0.5, 0.6) is 0 Å². The number of primary amides is 1. The number of carbonyl (C=O) groups excluding carboxylic acids is 1. The molecule has 70 valence electrons. The van der Waals surface area contributed by atoms with E-state index in [9.17, 15) is 4.79 Å². The van der Waals surface area contributed by atoms with Gasteiger partial charge in [0, 0.05) is 28.7 Å². The van der Waals surface area contributed by atoms with Gasteiger partial charge in [-0.1, -0.05) is 0 Å². The second-order valence-electron chi connectivity index (χ2n) is 2.00. The average molecular weight is 358 g/mol. The van der Waals surface area contributed by atoms with Crippen molar-refractivity contribution in [1.82, 2.24) is 5.43 Å². The number of rotatable bonds is 2. The van der Waals surface area contributed by atoms with Crippen LogP contribution >= 0.6 is 38.5 Å². The molecule has 3 N–H and O–H groups in total. The Hall–Kier alpha value is -0.570. The van der Waals surface area contributed by atoms with Crippen molar-refractivity contribution < 1.29 is 9.21 Å². The minimum atomic E-state index is -0.712. The van der Waals surface area contributed by atoms with E-state index in [1.54, 1.807) is 6.07 Å². The zero-order chi connectivity index (χ0) is 9.84. The predicted molar refractivity (Wildman–Crippen MR) is 59.4 cm³/mol. The fourth-order valence-corrected chi connectivity index (χ4v) is 1.30. The van der Waals surface area contributed by atoms with Crippen molar-refractivity contribution in [1.29, 1.82) is 0 Å². The SMILES string of the molecule is NC(=O)NN=Cc1cc(Br)c(I)o1. The molecule has 0 aliphatic carbocycles. The predicted octanol–water partition coefficient (Wildman–Crippen LogP) is 1.65. The van der Waals surface area contributed by atoms with E-state index in [0.29, 0.717) is 5.76 Å². The molecule has 1 heterocycles. The summed E-state index contributed by atoms with van der Waals surface area (Å²) in [6.45, 7) is 0. The molecule has 0 aliphatic heterocycles. The monoisotopic (exact) mass is 357 g/mol. The highest BCUT2D eigenvalue weighted by Gasteiger charge is 2.02. The van der Waals surface area contributed by atoms with Gasteiger partial charge in [0.25, 0.3) is 0 Å². The van der Waals surface area contributed by atoms with Crippen molar-refractivity contribution in [2.75, 3.05) is 0 Å². The topological polar surface area (TPSA) is 80.6 Å². The third kappa shape index (κ3) is 3.35. The second kappa shape index (κ2) is 4.61. The molecule has 7 heteroatoms. The second-order valence-corrected chi connectivity index (χ2v) is 3.84. The number of hydrogen-bond donors (Lipinski definition) is 2. The number of urea groups is 1. The first-order valence-corrected chi connectivity index (χ1v) is 5.00. The number of hydrogen-bond acceptors (Lipinski definition) is 3. The zero-order valence-corrected chi connectivity index (χ0v) is 10.00. The standard InChI is InChI=1S/C6H5BrIN3O2/c7-4-1-3(13-5(4)8)2-10-11-6(9)12/h1-2H,(H3,9,11,12). The summed E-state index contributed by atoms with van der Waals surface area (Å²) in [6.07, 6.45) is 1.36. The highest BCUT2D eigenvalue weighted by atomic mass is 127. The van der Waals surface area contributed by atoms with Crippen LogP contribution in [0.2, 0.25) is 0 Å². The van der Waals surface area contributed by atoms with Gasteiger partial charge in [-0.15, -0.1) is 0 Å². The number of amides is 2. The zero-order valence-electron chi connectivity index (χ0n) is 6.25. The van der Waals surface area contributed by atoms with Crippen LogP contribution in [0, 0.1) is 3.77 Å². The molecule has 0 atom stereocenters. The number of nitrogens with one attached hydrogen (secondary N) is 1. The summed E-state index contributed by atoms with van der Waals surface area (Å²) in [5.41, 5.74) is 6.84. The van der Waals surface area contributed by atoms with Gasteiger partial charge < -0.3 is 10.2 Å². The maximum absolute atomic E-state index is 10.2. The molecule has 1 aromatic rings. The molecule has 0 saturated heterocycles. The Balaban J connectivity index is 2.64. The molecule has 5 nitrogen and oxygen atoms in total. The number of carbonyl (C=O) groups is 1. The van der Waals surface area contributed by atoms with Crippen molar-refractivity contribution in [3.63, 3.8) is 0 Å². The van der Waals surface area contributed by atoms with Gasteiger partial charge in [-0.3, -0.25) is 0 Å². The van der Waals surface area contributed by atoms with Gasteiger partial charge in [0.15, 0.2) is 3.77 Å². The smallest absolute Gasteiger partial charge is 0.332 e. The third-order valence-electron chi connectivity index (χ3n) is 1.03.